The fourth-order valence-electron chi connectivity index (χ4n) is 8.28. The van der Waals surface area contributed by atoms with Crippen LogP contribution in [0, 0.1) is 0 Å². The van der Waals surface area contributed by atoms with E-state index in [0.29, 0.717) is 0 Å². The molecule has 0 aromatic heterocycles. The lowest BCUT2D eigenvalue weighted by atomic mass is 10.1. The van der Waals surface area contributed by atoms with E-state index >= 15 is 0 Å². The maximum atomic E-state index is 7.05. The van der Waals surface area contributed by atoms with E-state index in [1.807, 2.05) is 51.1 Å². The van der Waals surface area contributed by atoms with Gasteiger partial charge in [-0.2, -0.15) is 0 Å². The maximum Gasteiger partial charge on any atom is 0.515 e. The van der Waals surface area contributed by atoms with Gasteiger partial charge in [0.2, 0.25) is 0 Å². The molecule has 0 saturated heterocycles. The highest BCUT2D eigenvalue weighted by atomic mass is 33.8. The van der Waals surface area contributed by atoms with E-state index in [1.165, 1.54) is 193 Å². The first-order chi connectivity index (χ1) is 33.0. The van der Waals surface area contributed by atoms with Crippen molar-refractivity contribution in [2.75, 3.05) is 39.6 Å². The smallest absolute Gasteiger partial charge is 0.373 e. The van der Waals surface area contributed by atoms with E-state index in [1.54, 1.807) is 0 Å². The van der Waals surface area contributed by atoms with Crippen LogP contribution in [0.2, 0.25) is 0 Å². The minimum atomic E-state index is -3.00. The van der Waals surface area contributed by atoms with Crippen molar-refractivity contribution in [1.82, 2.24) is 0 Å². The lowest BCUT2D eigenvalue weighted by Gasteiger charge is -2.35. The van der Waals surface area contributed by atoms with Gasteiger partial charge in [-0.25, -0.2) is 0 Å². The Hall–Kier alpha value is 1.94. The van der Waals surface area contributed by atoms with Crippen LogP contribution in [0.1, 0.15) is 299 Å². The average Bonchev–Trinajstić information content (AvgIpc) is 3.34. The zero-order valence-corrected chi connectivity index (χ0v) is 51.8. The minimum Gasteiger partial charge on any atom is -0.373 e. The lowest BCUT2D eigenvalue weighted by molar-refractivity contribution is 0.0527. The van der Waals surface area contributed by atoms with Crippen molar-refractivity contribution in [2.45, 2.75) is 309 Å². The Bertz CT molecular complexity index is 803. The summed E-state index contributed by atoms with van der Waals surface area (Å²) < 4.78 is 42.3. The van der Waals surface area contributed by atoms with Gasteiger partial charge >= 0.3 is 17.6 Å². The van der Waals surface area contributed by atoms with E-state index in [4.69, 9.17) is 26.6 Å². The SMILES string of the molecule is CCCCCCCCO[Si](OCCCCCCCC)(OCCCCCCCC)C(CC)SSSSSC(CC)[Si](OCCCCCCCC)(OCCCCCCCC)OCCCCCCCC. The van der Waals surface area contributed by atoms with E-state index in [2.05, 4.69) is 55.4 Å². The predicted molar refractivity (Wildman–Crippen MR) is 314 cm³/mol. The van der Waals surface area contributed by atoms with E-state index in [0.717, 1.165) is 91.0 Å². The molecule has 0 aromatic rings. The number of rotatable bonds is 58. The van der Waals surface area contributed by atoms with E-state index in [-0.39, 0.29) is 9.75 Å². The molecule has 0 bridgehead atoms. The van der Waals surface area contributed by atoms with Gasteiger partial charge in [-0.1, -0.05) is 270 Å². The van der Waals surface area contributed by atoms with Crippen LogP contribution in [-0.4, -0.2) is 67.0 Å². The van der Waals surface area contributed by atoms with Gasteiger partial charge < -0.3 is 26.6 Å². The van der Waals surface area contributed by atoms with Gasteiger partial charge in [-0.05, 0) is 80.8 Å². The summed E-state index contributed by atoms with van der Waals surface area (Å²) in [4.78, 5) is 0.376. The van der Waals surface area contributed by atoms with Crippen molar-refractivity contribution in [3.05, 3.63) is 0 Å². The van der Waals surface area contributed by atoms with Gasteiger partial charge in [0, 0.05) is 39.6 Å². The van der Waals surface area contributed by atoms with Crippen molar-refractivity contribution in [3.8, 4) is 0 Å². The predicted octanol–water partition coefficient (Wildman–Crippen LogP) is 21.1. The Labute approximate surface area is 440 Å². The van der Waals surface area contributed by atoms with Gasteiger partial charge in [0.1, 0.15) is 0 Å². The third-order valence-corrected chi connectivity index (χ3v) is 31.2. The van der Waals surface area contributed by atoms with Gasteiger partial charge in [0.15, 0.2) is 0 Å². The Morgan fingerprint density at radius 1 is 0.239 bits per heavy atom. The molecule has 0 N–H and O–H groups in total. The highest BCUT2D eigenvalue weighted by molar-refractivity contribution is 9.35. The van der Waals surface area contributed by atoms with Crippen molar-refractivity contribution in [1.29, 1.82) is 0 Å². The van der Waals surface area contributed by atoms with Crippen LogP contribution in [0.5, 0.6) is 0 Å². The first-order valence-corrected chi connectivity index (χ1v) is 39.0. The van der Waals surface area contributed by atoms with Crippen LogP contribution < -0.4 is 0 Å². The first kappa shape index (κ1) is 68.9. The average molecular weight is 1080 g/mol. The van der Waals surface area contributed by atoms with Crippen LogP contribution >= 0.6 is 51.1 Å². The molecule has 0 saturated carbocycles. The molecule has 0 spiro atoms. The summed E-state index contributed by atoms with van der Waals surface area (Å²) in [6.45, 7) is 22.9. The van der Waals surface area contributed by atoms with Crippen LogP contribution in [-0.2, 0) is 26.6 Å². The van der Waals surface area contributed by atoms with Crippen LogP contribution in [0.25, 0.3) is 0 Å². The number of hydrogen-bond acceptors (Lipinski definition) is 11. The minimum absolute atomic E-state index is 0.188. The Morgan fingerprint density at radius 2 is 0.418 bits per heavy atom. The molecule has 0 aliphatic rings. The molecule has 2 atom stereocenters. The van der Waals surface area contributed by atoms with Gasteiger partial charge in [0.05, 0.1) is 9.75 Å². The van der Waals surface area contributed by atoms with Crippen molar-refractivity contribution < 1.29 is 26.6 Å². The highest BCUT2D eigenvalue weighted by Crippen LogP contribution is 2.54. The van der Waals surface area contributed by atoms with Crippen molar-refractivity contribution in [2.24, 2.45) is 0 Å². The summed E-state index contributed by atoms with van der Waals surface area (Å²) in [6.07, 6.45) is 47.1. The van der Waals surface area contributed by atoms with Crippen LogP contribution in [0.3, 0.4) is 0 Å². The Morgan fingerprint density at radius 3 is 0.597 bits per heavy atom. The van der Waals surface area contributed by atoms with Gasteiger partial charge in [-0.15, -0.1) is 0 Å². The zero-order chi connectivity index (χ0) is 49.0. The zero-order valence-electron chi connectivity index (χ0n) is 45.8. The normalized spacial score (nSPS) is 13.3. The monoisotopic (exact) mass is 1070 g/mol. The highest BCUT2D eigenvalue weighted by Gasteiger charge is 2.51. The number of unbranched alkanes of at least 4 members (excludes halogenated alkanes) is 30. The summed E-state index contributed by atoms with van der Waals surface area (Å²) in [5.74, 6) is 0. The topological polar surface area (TPSA) is 55.4 Å². The molecule has 6 nitrogen and oxygen atoms in total. The molecule has 0 aromatic carbocycles. The fourth-order valence-corrected chi connectivity index (χ4v) is 28.7. The molecule has 2 unspecified atom stereocenters. The molecule has 0 aliphatic heterocycles. The second kappa shape index (κ2) is 54.2. The van der Waals surface area contributed by atoms with Gasteiger partial charge in [-0.3, -0.25) is 0 Å². The molecule has 0 rings (SSSR count). The van der Waals surface area contributed by atoms with Crippen LogP contribution in [0.15, 0.2) is 0 Å². The maximum absolute atomic E-state index is 7.05. The molecular formula is C54H114O6S5Si2. The molecule has 0 fully saturated rings. The van der Waals surface area contributed by atoms with E-state index < -0.39 is 17.6 Å². The Balaban J connectivity index is 6.14. The largest absolute Gasteiger partial charge is 0.515 e. The Kier molecular flexibility index (Phi) is 55.8. The standard InChI is InChI=1S/C54H114O6S5Si2/c1-9-17-23-29-35-41-47-55-66(56-48-42-36-30-24-18-10-2,57-49-43-37-31-25-19-11-3)53(15-7)61-63-65-64-62-54(16-8)67(58-50-44-38-32-26-20-12-4,59-51-45-39-33-27-21-13-5)60-52-46-40-34-28-22-14-6/h53-54H,9-52H2,1-8H3. The van der Waals surface area contributed by atoms with Gasteiger partial charge in [0.25, 0.3) is 0 Å². The molecule has 13 heteroatoms. The second-order valence-electron chi connectivity index (χ2n) is 19.1. The molecule has 67 heavy (non-hydrogen) atoms. The summed E-state index contributed by atoms with van der Waals surface area (Å²) >= 11 is 0. The summed E-state index contributed by atoms with van der Waals surface area (Å²) in [5, 5.41) is 0. The summed E-state index contributed by atoms with van der Waals surface area (Å²) in [6, 6.07) is 0. The van der Waals surface area contributed by atoms with Crippen molar-refractivity contribution in [3.63, 3.8) is 0 Å². The second-order valence-corrected chi connectivity index (χ2v) is 33.5. The molecule has 0 aliphatic carbocycles. The molecule has 404 valence electrons. The molecule has 0 heterocycles. The molecular weight excluding hydrogens is 961 g/mol. The first-order valence-electron chi connectivity index (χ1n) is 29.1. The van der Waals surface area contributed by atoms with Crippen LogP contribution in [0.4, 0.5) is 0 Å². The van der Waals surface area contributed by atoms with Crippen molar-refractivity contribution >= 4 is 68.7 Å². The van der Waals surface area contributed by atoms with E-state index in [9.17, 15) is 0 Å². The quantitative estimate of drug-likeness (QED) is 0.0333. The third-order valence-electron chi connectivity index (χ3n) is 12.7. The summed E-state index contributed by atoms with van der Waals surface area (Å²) in [5.41, 5.74) is 0. The fraction of sp³-hybridized carbons (Fsp3) is 1.00. The summed E-state index contributed by atoms with van der Waals surface area (Å²) in [7, 11) is 3.55. The third kappa shape index (κ3) is 40.0. The number of hydrogen-bond donors (Lipinski definition) is 0. The lowest BCUT2D eigenvalue weighted by Crippen LogP contribution is -2.55. The molecule has 0 radical (unpaired) electrons. The molecule has 0 amide bonds.